The molecular formula is C9H6F3IO2. The Balaban J connectivity index is 2.52. The summed E-state index contributed by atoms with van der Waals surface area (Å²) in [6, 6.07) is 4.37. The van der Waals surface area contributed by atoms with E-state index in [-0.39, 0.29) is 9.13 Å². The molecule has 0 fully saturated rings. The molecular weight excluding hydrogens is 324 g/mol. The molecule has 1 aromatic carbocycles. The number of rotatable bonds is 0. The monoisotopic (exact) mass is 330 g/mol. The SMILES string of the molecule is Cc1ccc2c(c1)C(=O)OI2C(F)(F)F. The molecule has 1 aliphatic heterocycles. The Morgan fingerprint density at radius 1 is 1.33 bits per heavy atom. The maximum absolute atomic E-state index is 12.5. The first-order valence-electron chi connectivity index (χ1n) is 4.00. The van der Waals surface area contributed by atoms with Gasteiger partial charge in [0.25, 0.3) is 0 Å². The number of hydrogen-bond donors (Lipinski definition) is 0. The van der Waals surface area contributed by atoms with Crippen molar-refractivity contribution >= 4 is 26.2 Å². The van der Waals surface area contributed by atoms with Crippen LogP contribution in [0, 0.1) is 10.5 Å². The first kappa shape index (κ1) is 10.7. The van der Waals surface area contributed by atoms with Crippen LogP contribution in [0.15, 0.2) is 18.2 Å². The third-order valence-corrected chi connectivity index (χ3v) is 5.82. The summed E-state index contributed by atoms with van der Waals surface area (Å²) < 4.78 is 37.6. The molecule has 82 valence electrons. The fourth-order valence-corrected chi connectivity index (χ4v) is 4.45. The van der Waals surface area contributed by atoms with E-state index < -0.39 is 30.4 Å². The van der Waals surface area contributed by atoms with Crippen molar-refractivity contribution in [3.63, 3.8) is 0 Å². The number of halogens is 4. The molecule has 0 aromatic heterocycles. The number of alkyl halides is 4. The summed E-state index contributed by atoms with van der Waals surface area (Å²) in [6.45, 7) is 1.72. The molecule has 6 heteroatoms. The van der Waals surface area contributed by atoms with Crippen LogP contribution in [0.3, 0.4) is 0 Å². The molecule has 15 heavy (non-hydrogen) atoms. The number of hydrogen-bond acceptors (Lipinski definition) is 2. The van der Waals surface area contributed by atoms with Crippen molar-refractivity contribution in [1.29, 1.82) is 0 Å². The van der Waals surface area contributed by atoms with Crippen LogP contribution in [0.2, 0.25) is 0 Å². The van der Waals surface area contributed by atoms with E-state index in [9.17, 15) is 18.0 Å². The van der Waals surface area contributed by atoms with Gasteiger partial charge < -0.3 is 0 Å². The van der Waals surface area contributed by atoms with E-state index >= 15 is 0 Å². The van der Waals surface area contributed by atoms with Gasteiger partial charge in [0.1, 0.15) is 0 Å². The van der Waals surface area contributed by atoms with Gasteiger partial charge >= 0.3 is 91.2 Å². The summed E-state index contributed by atoms with van der Waals surface area (Å²) >= 11 is -3.78. The van der Waals surface area contributed by atoms with Gasteiger partial charge in [-0.2, -0.15) is 0 Å². The van der Waals surface area contributed by atoms with Gasteiger partial charge in [0.2, 0.25) is 0 Å². The van der Waals surface area contributed by atoms with E-state index in [1.807, 2.05) is 0 Å². The summed E-state index contributed by atoms with van der Waals surface area (Å²) in [4.78, 5) is 11.2. The van der Waals surface area contributed by atoms with E-state index in [0.717, 1.165) is 5.56 Å². The molecule has 0 aliphatic carbocycles. The fourth-order valence-electron chi connectivity index (χ4n) is 1.26. The van der Waals surface area contributed by atoms with Crippen LogP contribution in [0.4, 0.5) is 13.2 Å². The van der Waals surface area contributed by atoms with Crippen molar-refractivity contribution in [3.05, 3.63) is 32.9 Å². The molecule has 0 saturated heterocycles. The first-order valence-corrected chi connectivity index (χ1v) is 7.03. The van der Waals surface area contributed by atoms with E-state index in [4.69, 9.17) is 0 Å². The van der Waals surface area contributed by atoms with Crippen molar-refractivity contribution in [2.75, 3.05) is 0 Å². The van der Waals surface area contributed by atoms with Crippen LogP contribution >= 0.6 is 20.2 Å². The summed E-state index contributed by atoms with van der Waals surface area (Å²) in [7, 11) is 0. The van der Waals surface area contributed by atoms with Gasteiger partial charge in [-0.3, -0.25) is 0 Å². The molecule has 0 amide bonds. The summed E-state index contributed by atoms with van der Waals surface area (Å²) in [5, 5.41) is 0. The van der Waals surface area contributed by atoms with Crippen LogP contribution in [0.5, 0.6) is 0 Å². The van der Waals surface area contributed by atoms with Gasteiger partial charge in [0.15, 0.2) is 0 Å². The zero-order valence-electron chi connectivity index (χ0n) is 7.56. The fraction of sp³-hybridized carbons (Fsp3) is 0.222. The average molecular weight is 330 g/mol. The van der Waals surface area contributed by atoms with E-state index in [0.29, 0.717) is 0 Å². The molecule has 0 unspecified atom stereocenters. The van der Waals surface area contributed by atoms with Crippen LogP contribution in [0.25, 0.3) is 0 Å². The quantitative estimate of drug-likeness (QED) is 0.539. The predicted molar refractivity (Wildman–Crippen MR) is 55.4 cm³/mol. The molecule has 2 nitrogen and oxygen atoms in total. The molecule has 1 aromatic rings. The topological polar surface area (TPSA) is 26.3 Å². The van der Waals surface area contributed by atoms with E-state index in [1.165, 1.54) is 12.1 Å². The number of benzene rings is 1. The molecule has 0 radical (unpaired) electrons. The predicted octanol–water partition coefficient (Wildman–Crippen LogP) is 3.28. The molecule has 1 aliphatic rings. The Hall–Kier alpha value is -0.790. The Morgan fingerprint density at radius 2 is 2.00 bits per heavy atom. The summed E-state index contributed by atoms with van der Waals surface area (Å²) in [6.07, 6.45) is 0. The number of aryl methyl sites for hydroxylation is 1. The standard InChI is InChI=1S/C9H6F3IO2/c1-5-2-3-7-6(4-5)8(14)15-13(7)9(10,11)12/h2-4H,1H3. The average Bonchev–Trinajstić information content (AvgIpc) is 2.43. The van der Waals surface area contributed by atoms with Gasteiger partial charge in [-0.1, -0.05) is 0 Å². The Kier molecular flexibility index (Phi) is 2.40. The number of carbonyl (C=O) groups excluding carboxylic acids is 1. The van der Waals surface area contributed by atoms with Crippen LogP contribution in [-0.4, -0.2) is 10.2 Å². The van der Waals surface area contributed by atoms with Crippen molar-refractivity contribution in [2.24, 2.45) is 0 Å². The number of fused-ring (bicyclic) bond motifs is 1. The zero-order chi connectivity index (χ0) is 11.2. The normalized spacial score (nSPS) is 17.6. The van der Waals surface area contributed by atoms with E-state index in [1.54, 1.807) is 13.0 Å². The molecule has 0 saturated carbocycles. The third kappa shape index (κ3) is 1.82. The summed E-state index contributed by atoms with van der Waals surface area (Å²) in [5.41, 5.74) is 0.836. The van der Waals surface area contributed by atoms with Gasteiger partial charge in [-0.05, 0) is 0 Å². The van der Waals surface area contributed by atoms with Gasteiger partial charge in [-0.15, -0.1) is 0 Å². The van der Waals surface area contributed by atoms with Crippen molar-refractivity contribution in [1.82, 2.24) is 0 Å². The van der Waals surface area contributed by atoms with Crippen molar-refractivity contribution in [2.45, 2.75) is 11.1 Å². The second-order valence-electron chi connectivity index (χ2n) is 3.03. The third-order valence-electron chi connectivity index (χ3n) is 1.87. The van der Waals surface area contributed by atoms with Crippen LogP contribution < -0.4 is 0 Å². The van der Waals surface area contributed by atoms with E-state index in [2.05, 4.69) is 3.07 Å². The molecule has 0 bridgehead atoms. The minimum atomic E-state index is -4.39. The molecule has 1 heterocycles. The first-order chi connectivity index (χ1) is 6.89. The summed E-state index contributed by atoms with van der Waals surface area (Å²) in [5.74, 6) is -0.837. The maximum atomic E-state index is 12.5. The minimum absolute atomic E-state index is 0.0577. The van der Waals surface area contributed by atoms with Crippen molar-refractivity contribution < 1.29 is 21.0 Å². The number of carbonyl (C=O) groups is 1. The van der Waals surface area contributed by atoms with Gasteiger partial charge in [0, 0.05) is 0 Å². The van der Waals surface area contributed by atoms with Crippen LogP contribution in [0.1, 0.15) is 15.9 Å². The molecule has 0 N–H and O–H groups in total. The Bertz CT molecular complexity index is 428. The Morgan fingerprint density at radius 3 is 2.60 bits per heavy atom. The molecule has 0 atom stereocenters. The van der Waals surface area contributed by atoms with Gasteiger partial charge in [0.05, 0.1) is 0 Å². The second-order valence-corrected chi connectivity index (χ2v) is 7.27. The Labute approximate surface area is 91.4 Å². The van der Waals surface area contributed by atoms with Gasteiger partial charge in [-0.25, -0.2) is 0 Å². The van der Waals surface area contributed by atoms with Crippen molar-refractivity contribution in [3.8, 4) is 0 Å². The molecule has 0 spiro atoms. The second kappa shape index (κ2) is 3.36. The zero-order valence-corrected chi connectivity index (χ0v) is 9.72. The molecule has 2 rings (SSSR count). The van der Waals surface area contributed by atoms with Crippen LogP contribution in [-0.2, 0) is 3.07 Å².